The van der Waals surface area contributed by atoms with Crippen molar-refractivity contribution in [2.75, 3.05) is 33.8 Å². The number of amides is 1. The molecule has 2 saturated carbocycles. The molecule has 1 amide bonds. The van der Waals surface area contributed by atoms with Crippen molar-refractivity contribution in [3.8, 4) is 5.88 Å². The maximum absolute atomic E-state index is 13.6. The molecule has 0 radical (unpaired) electrons. The number of rotatable bonds is 8. The third kappa shape index (κ3) is 5.33. The fourth-order valence-corrected chi connectivity index (χ4v) is 6.27. The minimum Gasteiger partial charge on any atom is -0.472 e. The Morgan fingerprint density at radius 2 is 1.77 bits per heavy atom. The Morgan fingerprint density at radius 1 is 1.07 bits per heavy atom. The van der Waals surface area contributed by atoms with E-state index in [1.807, 2.05) is 0 Å². The smallest absolute Gasteiger partial charge is 0.257 e. The Bertz CT molecular complexity index is 1570. The number of piperidine rings is 1. The predicted octanol–water partition coefficient (Wildman–Crippen LogP) is 5.14. The second-order valence-electron chi connectivity index (χ2n) is 11.3. The Hall–Kier alpha value is -3.41. The number of nitrogens with one attached hydrogen (secondary N) is 2. The molecule has 9 nitrogen and oxygen atoms in total. The van der Waals surface area contributed by atoms with Crippen LogP contribution >= 0.6 is 0 Å². The van der Waals surface area contributed by atoms with Crippen LogP contribution in [0, 0.1) is 5.41 Å². The van der Waals surface area contributed by atoms with Crippen molar-refractivity contribution in [3.63, 3.8) is 0 Å². The molecule has 6 rings (SSSR count). The molecule has 2 heterocycles. The van der Waals surface area contributed by atoms with E-state index in [4.69, 9.17) is 4.74 Å². The van der Waals surface area contributed by atoms with E-state index in [0.29, 0.717) is 33.4 Å². The van der Waals surface area contributed by atoms with E-state index in [-0.39, 0.29) is 30.4 Å². The van der Waals surface area contributed by atoms with E-state index in [9.17, 15) is 22.0 Å². The number of benzene rings is 2. The number of halogens is 2. The number of ether oxygens (including phenoxy) is 1. The van der Waals surface area contributed by atoms with Gasteiger partial charge in [0, 0.05) is 38.7 Å². The molecule has 0 atom stereocenters. The lowest BCUT2D eigenvalue weighted by Gasteiger charge is -2.35. The Labute approximate surface area is 231 Å². The van der Waals surface area contributed by atoms with Gasteiger partial charge in [0.25, 0.3) is 11.8 Å². The molecule has 2 aliphatic carbocycles. The number of aromatic nitrogens is 2. The summed E-state index contributed by atoms with van der Waals surface area (Å²) in [5.41, 5.74) is 3.23. The highest BCUT2D eigenvalue weighted by Crippen LogP contribution is 2.54. The number of sulfonamides is 1. The van der Waals surface area contributed by atoms with E-state index in [1.54, 1.807) is 55.1 Å². The number of aryl methyl sites for hydroxylation is 1. The molecule has 1 spiro atoms. The first-order valence-electron chi connectivity index (χ1n) is 13.7. The van der Waals surface area contributed by atoms with Crippen LogP contribution in [0.2, 0.25) is 0 Å². The molecule has 1 aromatic heterocycles. The number of hydrogen-bond donors (Lipinski definition) is 2. The molecule has 0 unspecified atom stereocenters. The number of anilines is 3. The van der Waals surface area contributed by atoms with Crippen LogP contribution in [0.1, 0.15) is 55.8 Å². The van der Waals surface area contributed by atoms with Crippen molar-refractivity contribution < 1.29 is 26.7 Å². The normalized spacial score (nSPS) is 19.9. The average molecular weight is 574 g/mol. The number of hydrogen-bond acceptors (Lipinski definition) is 6. The van der Waals surface area contributed by atoms with Gasteiger partial charge in [0.1, 0.15) is 6.10 Å². The summed E-state index contributed by atoms with van der Waals surface area (Å²) in [4.78, 5) is 15.7. The zero-order valence-electron chi connectivity index (χ0n) is 22.5. The molecular weight excluding hydrogens is 540 g/mol. The van der Waals surface area contributed by atoms with Gasteiger partial charge in [-0.3, -0.25) is 14.2 Å². The first kappa shape index (κ1) is 26.8. The lowest BCUT2D eigenvalue weighted by atomic mass is 9.91. The first-order valence-corrected chi connectivity index (χ1v) is 15.3. The maximum Gasteiger partial charge on any atom is 0.257 e. The largest absolute Gasteiger partial charge is 0.472 e. The van der Waals surface area contributed by atoms with Crippen molar-refractivity contribution in [2.24, 2.45) is 12.5 Å². The molecule has 1 saturated heterocycles. The fourth-order valence-electron chi connectivity index (χ4n) is 5.64. The van der Waals surface area contributed by atoms with Crippen molar-refractivity contribution >= 4 is 43.9 Å². The van der Waals surface area contributed by atoms with Gasteiger partial charge in [-0.25, -0.2) is 17.2 Å². The standard InChI is InChI=1S/C28H33F2N5O4S/c1-3-40(37,38)33-19-4-6-21(24(15-19)35-12-10-27(8-9-27)11-13-35)25(36)31-18-5-7-23-22(14-18)26(32-34(23)2)39-20-16-28(29,30)17-20/h4-7,14-15,20,33H,3,8-13,16-17H2,1-2H3,(H,31,36). The molecule has 2 N–H and O–H groups in total. The molecule has 3 fully saturated rings. The van der Waals surface area contributed by atoms with Gasteiger partial charge in [-0.05, 0) is 74.4 Å². The Balaban J connectivity index is 1.26. The summed E-state index contributed by atoms with van der Waals surface area (Å²) >= 11 is 0. The van der Waals surface area contributed by atoms with Gasteiger partial charge in [-0.15, -0.1) is 5.10 Å². The second-order valence-corrected chi connectivity index (χ2v) is 13.4. The molecular formula is C28H33F2N5O4S. The number of carbonyl (C=O) groups excluding carboxylic acids is 1. The third-order valence-corrected chi connectivity index (χ3v) is 9.73. The number of alkyl halides is 2. The molecule has 0 bridgehead atoms. The minimum absolute atomic E-state index is 0.0531. The Morgan fingerprint density at radius 3 is 2.42 bits per heavy atom. The summed E-state index contributed by atoms with van der Waals surface area (Å²) in [7, 11) is -1.73. The first-order chi connectivity index (χ1) is 18.9. The van der Waals surface area contributed by atoms with Crippen LogP contribution in [0.25, 0.3) is 10.9 Å². The van der Waals surface area contributed by atoms with E-state index >= 15 is 0 Å². The maximum atomic E-state index is 13.6. The molecule has 1 aliphatic heterocycles. The van der Waals surface area contributed by atoms with Gasteiger partial charge in [-0.1, -0.05) is 0 Å². The van der Waals surface area contributed by atoms with Crippen LogP contribution in [0.3, 0.4) is 0 Å². The zero-order chi connectivity index (χ0) is 28.3. The molecule has 40 heavy (non-hydrogen) atoms. The monoisotopic (exact) mass is 573 g/mol. The second kappa shape index (κ2) is 9.60. The SMILES string of the molecule is CCS(=O)(=O)Nc1ccc(C(=O)Nc2ccc3c(c2)c(OC2CC(F)(F)C2)nn3C)c(N2CCC3(CC2)CC3)c1. The predicted molar refractivity (Wildman–Crippen MR) is 150 cm³/mol. The summed E-state index contributed by atoms with van der Waals surface area (Å²) < 4.78 is 61.0. The molecule has 2 aromatic carbocycles. The summed E-state index contributed by atoms with van der Waals surface area (Å²) in [6.45, 7) is 3.17. The van der Waals surface area contributed by atoms with E-state index in [2.05, 4.69) is 20.0 Å². The number of carbonyl (C=O) groups is 1. The highest BCUT2D eigenvalue weighted by atomic mass is 32.2. The van der Waals surface area contributed by atoms with Crippen LogP contribution in [-0.2, 0) is 17.1 Å². The average Bonchev–Trinajstić information content (AvgIpc) is 3.58. The zero-order valence-corrected chi connectivity index (χ0v) is 23.4. The van der Waals surface area contributed by atoms with Crippen LogP contribution in [-0.4, -0.2) is 55.0 Å². The van der Waals surface area contributed by atoms with Crippen LogP contribution in [0.4, 0.5) is 25.8 Å². The van der Waals surface area contributed by atoms with Crippen molar-refractivity contribution in [2.45, 2.75) is 57.5 Å². The molecule has 12 heteroatoms. The highest BCUT2D eigenvalue weighted by molar-refractivity contribution is 7.92. The minimum atomic E-state index is -3.48. The van der Waals surface area contributed by atoms with Crippen LogP contribution < -0.4 is 19.7 Å². The van der Waals surface area contributed by atoms with Gasteiger partial charge in [0.05, 0.1) is 33.6 Å². The van der Waals surface area contributed by atoms with E-state index in [0.717, 1.165) is 31.4 Å². The van der Waals surface area contributed by atoms with Gasteiger partial charge in [0.15, 0.2) is 0 Å². The molecule has 3 aliphatic rings. The van der Waals surface area contributed by atoms with E-state index < -0.39 is 22.0 Å². The van der Waals surface area contributed by atoms with Gasteiger partial charge >= 0.3 is 0 Å². The quantitative estimate of drug-likeness (QED) is 0.387. The molecule has 3 aromatic rings. The van der Waals surface area contributed by atoms with Gasteiger partial charge in [-0.2, -0.15) is 0 Å². The number of nitrogens with zero attached hydrogens (tertiary/aromatic N) is 3. The van der Waals surface area contributed by atoms with Gasteiger partial charge < -0.3 is 15.0 Å². The van der Waals surface area contributed by atoms with Crippen LogP contribution in [0.15, 0.2) is 36.4 Å². The van der Waals surface area contributed by atoms with Crippen LogP contribution in [0.5, 0.6) is 5.88 Å². The summed E-state index contributed by atoms with van der Waals surface area (Å²) in [6, 6.07) is 10.3. The fraction of sp³-hybridized carbons (Fsp3) is 0.500. The lowest BCUT2D eigenvalue weighted by Crippen LogP contribution is -2.43. The van der Waals surface area contributed by atoms with Crippen molar-refractivity contribution in [3.05, 3.63) is 42.0 Å². The Kier molecular flexibility index (Phi) is 6.43. The van der Waals surface area contributed by atoms with E-state index in [1.165, 1.54) is 12.8 Å². The summed E-state index contributed by atoms with van der Waals surface area (Å²) in [5.74, 6) is -2.84. The summed E-state index contributed by atoms with van der Waals surface area (Å²) in [5, 5.41) is 7.92. The van der Waals surface area contributed by atoms with Crippen molar-refractivity contribution in [1.82, 2.24) is 9.78 Å². The molecule has 214 valence electrons. The van der Waals surface area contributed by atoms with Gasteiger partial charge in [0.2, 0.25) is 15.9 Å². The topological polar surface area (TPSA) is 106 Å². The highest BCUT2D eigenvalue weighted by Gasteiger charge is 2.47. The third-order valence-electron chi connectivity index (χ3n) is 8.42. The lowest BCUT2D eigenvalue weighted by molar-refractivity contribution is -0.135. The van der Waals surface area contributed by atoms with Crippen molar-refractivity contribution in [1.29, 1.82) is 0 Å². The number of fused-ring (bicyclic) bond motifs is 1. The summed E-state index contributed by atoms with van der Waals surface area (Å²) in [6.07, 6.45) is 3.31.